The maximum Gasteiger partial charge on any atom is 0.311 e. The molecule has 0 atom stereocenters. The number of ether oxygens (including phenoxy) is 2. The molecule has 22 heavy (non-hydrogen) atoms. The van der Waals surface area contributed by atoms with Crippen molar-refractivity contribution in [1.82, 2.24) is 0 Å². The van der Waals surface area contributed by atoms with Crippen molar-refractivity contribution in [3.63, 3.8) is 0 Å². The smallest absolute Gasteiger partial charge is 0.311 e. The zero-order valence-electron chi connectivity index (χ0n) is 12.8. The molecule has 0 radical (unpaired) electrons. The molecular weight excluding hydrogens is 282 g/mol. The molecule has 2 rings (SSSR count). The van der Waals surface area contributed by atoms with Gasteiger partial charge in [-0.2, -0.15) is 0 Å². The first-order valence-corrected chi connectivity index (χ1v) is 6.64. The van der Waals surface area contributed by atoms with Crippen LogP contribution in [0, 0.1) is 17.0 Å². The molecule has 0 aliphatic carbocycles. The minimum atomic E-state index is -0.466. The van der Waals surface area contributed by atoms with Crippen molar-refractivity contribution < 1.29 is 14.4 Å². The number of hydrogen-bond acceptors (Lipinski definition) is 4. The normalized spacial score (nSPS) is 10.1. The molecule has 0 aliphatic rings. The Morgan fingerprint density at radius 3 is 2.41 bits per heavy atom. The van der Waals surface area contributed by atoms with Crippen LogP contribution in [0.4, 0.5) is 5.69 Å². The molecule has 0 fully saturated rings. The molecule has 0 spiro atoms. The van der Waals surface area contributed by atoms with Gasteiger partial charge in [-0.1, -0.05) is 18.7 Å². The number of benzene rings is 2. The highest BCUT2D eigenvalue weighted by Crippen LogP contribution is 2.33. The number of rotatable bonds is 5. The van der Waals surface area contributed by atoms with Crippen molar-refractivity contribution in [3.8, 4) is 11.5 Å². The van der Waals surface area contributed by atoms with Crippen LogP contribution < -0.4 is 9.47 Å². The van der Waals surface area contributed by atoms with Crippen LogP contribution >= 0.6 is 0 Å². The van der Waals surface area contributed by atoms with Gasteiger partial charge in [0.05, 0.1) is 19.1 Å². The number of methoxy groups -OCH3 is 2. The first-order chi connectivity index (χ1) is 10.5. The third-order valence-electron chi connectivity index (χ3n) is 3.36. The average molecular weight is 299 g/mol. The predicted molar refractivity (Wildman–Crippen MR) is 85.5 cm³/mol. The van der Waals surface area contributed by atoms with Crippen molar-refractivity contribution in [1.29, 1.82) is 0 Å². The summed E-state index contributed by atoms with van der Waals surface area (Å²) in [6.45, 7) is 6.00. The number of nitro benzene ring substituents is 1. The maximum absolute atomic E-state index is 11.1. The molecule has 5 nitrogen and oxygen atoms in total. The molecule has 0 heterocycles. The molecule has 0 saturated heterocycles. The van der Waals surface area contributed by atoms with Gasteiger partial charge in [-0.15, -0.1) is 0 Å². The lowest BCUT2D eigenvalue weighted by Crippen LogP contribution is -1.96. The molecule has 0 aromatic heterocycles. The molecule has 114 valence electrons. The van der Waals surface area contributed by atoms with Crippen LogP contribution in [0.25, 0.3) is 5.57 Å². The summed E-state index contributed by atoms with van der Waals surface area (Å²) in [6.07, 6.45) is 0. The van der Waals surface area contributed by atoms with E-state index < -0.39 is 4.92 Å². The molecular formula is C17H17NO4. The fourth-order valence-corrected chi connectivity index (χ4v) is 2.23. The second-order valence-corrected chi connectivity index (χ2v) is 4.86. The van der Waals surface area contributed by atoms with Crippen molar-refractivity contribution in [3.05, 3.63) is 69.8 Å². The fraction of sp³-hybridized carbons (Fsp3) is 0.176. The minimum Gasteiger partial charge on any atom is -0.497 e. The molecule has 2 aromatic carbocycles. The third kappa shape index (κ3) is 3.09. The number of nitro groups is 1. The highest BCUT2D eigenvalue weighted by Gasteiger charge is 2.17. The van der Waals surface area contributed by atoms with Gasteiger partial charge in [0.15, 0.2) is 5.75 Å². The van der Waals surface area contributed by atoms with Crippen LogP contribution in [0.2, 0.25) is 0 Å². The van der Waals surface area contributed by atoms with E-state index in [1.807, 2.05) is 25.1 Å². The molecule has 0 bridgehead atoms. The zero-order valence-corrected chi connectivity index (χ0v) is 12.8. The summed E-state index contributed by atoms with van der Waals surface area (Å²) in [5.41, 5.74) is 3.16. The quantitative estimate of drug-likeness (QED) is 0.619. The lowest BCUT2D eigenvalue weighted by atomic mass is 9.97. The highest BCUT2D eigenvalue weighted by atomic mass is 16.6. The Kier molecular flexibility index (Phi) is 4.46. The average Bonchev–Trinajstić information content (AvgIpc) is 2.52. The van der Waals surface area contributed by atoms with E-state index in [9.17, 15) is 10.1 Å². The van der Waals surface area contributed by atoms with Gasteiger partial charge >= 0.3 is 5.69 Å². The van der Waals surface area contributed by atoms with E-state index >= 15 is 0 Å². The van der Waals surface area contributed by atoms with Crippen LogP contribution in [-0.4, -0.2) is 19.1 Å². The summed E-state index contributed by atoms with van der Waals surface area (Å²) in [5, 5.41) is 11.1. The third-order valence-corrected chi connectivity index (χ3v) is 3.36. The van der Waals surface area contributed by atoms with E-state index in [1.165, 1.54) is 13.2 Å². The fourth-order valence-electron chi connectivity index (χ4n) is 2.23. The first kappa shape index (κ1) is 15.6. The first-order valence-electron chi connectivity index (χ1n) is 6.64. The summed E-state index contributed by atoms with van der Waals surface area (Å²) >= 11 is 0. The summed E-state index contributed by atoms with van der Waals surface area (Å²) in [6, 6.07) is 10.5. The van der Waals surface area contributed by atoms with Gasteiger partial charge in [0.1, 0.15) is 5.75 Å². The van der Waals surface area contributed by atoms with Gasteiger partial charge in [0.2, 0.25) is 0 Å². The van der Waals surface area contributed by atoms with Gasteiger partial charge in [-0.05, 0) is 47.4 Å². The minimum absolute atomic E-state index is 0.0826. The summed E-state index contributed by atoms with van der Waals surface area (Å²) in [5.74, 6) is 0.947. The van der Waals surface area contributed by atoms with Gasteiger partial charge in [-0.25, -0.2) is 0 Å². The predicted octanol–water partition coefficient (Wildman–Crippen LogP) is 3.98. The lowest BCUT2D eigenvalue weighted by Gasteiger charge is -2.11. The second kappa shape index (κ2) is 6.30. The summed E-state index contributed by atoms with van der Waals surface area (Å²) in [7, 11) is 3.00. The van der Waals surface area contributed by atoms with Crippen LogP contribution in [0.3, 0.4) is 0 Å². The Balaban J connectivity index is 2.48. The Bertz CT molecular complexity index is 737. The number of nitrogens with zero attached hydrogens (tertiary/aromatic N) is 1. The largest absolute Gasteiger partial charge is 0.497 e. The Labute approximate surface area is 129 Å². The van der Waals surface area contributed by atoms with Crippen molar-refractivity contribution in [2.24, 2.45) is 0 Å². The summed E-state index contributed by atoms with van der Waals surface area (Å²) < 4.78 is 10.3. The number of aryl methyl sites for hydroxylation is 1. The van der Waals surface area contributed by atoms with Gasteiger partial charge in [0.25, 0.3) is 0 Å². The van der Waals surface area contributed by atoms with E-state index in [4.69, 9.17) is 9.47 Å². The van der Waals surface area contributed by atoms with Gasteiger partial charge in [0, 0.05) is 6.07 Å². The molecule has 0 aliphatic heterocycles. The standard InChI is InChI=1S/C17H17NO4/c1-11-7-14(9-15(8-11)21-3)12(2)13-5-6-17(22-4)16(10-13)18(19)20/h5-10H,2H2,1,3-4H3. The van der Waals surface area contributed by atoms with E-state index in [2.05, 4.69) is 6.58 Å². The zero-order chi connectivity index (χ0) is 16.3. The van der Waals surface area contributed by atoms with E-state index in [0.717, 1.165) is 16.9 Å². The van der Waals surface area contributed by atoms with Crippen LogP contribution in [0.1, 0.15) is 16.7 Å². The highest BCUT2D eigenvalue weighted by molar-refractivity contribution is 5.80. The molecule has 0 unspecified atom stereocenters. The van der Waals surface area contributed by atoms with Crippen LogP contribution in [0.5, 0.6) is 11.5 Å². The Morgan fingerprint density at radius 2 is 1.82 bits per heavy atom. The number of hydrogen-bond donors (Lipinski definition) is 0. The monoisotopic (exact) mass is 299 g/mol. The molecule has 0 saturated carbocycles. The SMILES string of the molecule is C=C(c1cc(C)cc(OC)c1)c1ccc(OC)c([N+](=O)[O-])c1. The second-order valence-electron chi connectivity index (χ2n) is 4.86. The lowest BCUT2D eigenvalue weighted by molar-refractivity contribution is -0.385. The molecule has 0 N–H and O–H groups in total. The molecule has 5 heteroatoms. The van der Waals surface area contributed by atoms with Crippen molar-refractivity contribution in [2.45, 2.75) is 6.92 Å². The molecule has 0 amide bonds. The van der Waals surface area contributed by atoms with E-state index in [-0.39, 0.29) is 11.4 Å². The summed E-state index contributed by atoms with van der Waals surface area (Å²) in [4.78, 5) is 10.7. The van der Waals surface area contributed by atoms with Crippen LogP contribution in [0.15, 0.2) is 43.0 Å². The van der Waals surface area contributed by atoms with Crippen molar-refractivity contribution >= 4 is 11.3 Å². The van der Waals surface area contributed by atoms with Crippen LogP contribution in [-0.2, 0) is 0 Å². The van der Waals surface area contributed by atoms with Crippen molar-refractivity contribution in [2.75, 3.05) is 14.2 Å². The Morgan fingerprint density at radius 1 is 1.09 bits per heavy atom. The maximum atomic E-state index is 11.1. The molecule has 2 aromatic rings. The van der Waals surface area contributed by atoms with Gasteiger partial charge < -0.3 is 9.47 Å². The topological polar surface area (TPSA) is 61.6 Å². The van der Waals surface area contributed by atoms with E-state index in [1.54, 1.807) is 19.2 Å². The van der Waals surface area contributed by atoms with Gasteiger partial charge in [-0.3, -0.25) is 10.1 Å². The Hall–Kier alpha value is -2.82. The van der Waals surface area contributed by atoms with E-state index in [0.29, 0.717) is 11.1 Å².